The molecule has 0 radical (unpaired) electrons. The Bertz CT molecular complexity index is 270. The fraction of sp³-hybridized carbons (Fsp3) is 0.583. The lowest BCUT2D eigenvalue weighted by molar-refractivity contribution is 0.545. The van der Waals surface area contributed by atoms with Gasteiger partial charge in [-0.15, -0.1) is 11.8 Å². The van der Waals surface area contributed by atoms with Crippen LogP contribution in [0, 0.1) is 0 Å². The molecule has 3 heteroatoms. The molecular formula is C12H18N2S. The second-order valence-electron chi connectivity index (χ2n) is 3.95. The summed E-state index contributed by atoms with van der Waals surface area (Å²) in [6.45, 7) is 1.10. The van der Waals surface area contributed by atoms with Gasteiger partial charge in [0.25, 0.3) is 0 Å². The van der Waals surface area contributed by atoms with Gasteiger partial charge in [0.15, 0.2) is 0 Å². The van der Waals surface area contributed by atoms with E-state index in [1.807, 2.05) is 30.1 Å². The third-order valence-electron chi connectivity index (χ3n) is 2.78. The summed E-state index contributed by atoms with van der Waals surface area (Å²) >= 11 is 1.83. The van der Waals surface area contributed by atoms with E-state index in [0.717, 1.165) is 23.4 Å². The van der Waals surface area contributed by atoms with Crippen molar-refractivity contribution in [1.29, 1.82) is 0 Å². The van der Waals surface area contributed by atoms with Crippen molar-refractivity contribution >= 4 is 11.8 Å². The Morgan fingerprint density at radius 3 is 2.93 bits per heavy atom. The Balaban J connectivity index is 1.59. The quantitative estimate of drug-likeness (QED) is 0.612. The molecule has 1 aromatic rings. The van der Waals surface area contributed by atoms with Crippen molar-refractivity contribution in [2.45, 2.75) is 36.8 Å². The summed E-state index contributed by atoms with van der Waals surface area (Å²) < 4.78 is 0. The van der Waals surface area contributed by atoms with Gasteiger partial charge < -0.3 is 5.32 Å². The third kappa shape index (κ3) is 3.84. The van der Waals surface area contributed by atoms with Crippen molar-refractivity contribution < 1.29 is 0 Å². The molecule has 0 spiro atoms. The molecular weight excluding hydrogens is 204 g/mol. The molecule has 0 amide bonds. The molecule has 2 rings (SSSR count). The Morgan fingerprint density at radius 2 is 2.20 bits per heavy atom. The first kappa shape index (κ1) is 11.0. The van der Waals surface area contributed by atoms with Gasteiger partial charge in [-0.1, -0.05) is 18.9 Å². The third-order valence-corrected chi connectivity index (χ3v) is 3.72. The first-order chi connectivity index (χ1) is 7.45. The second kappa shape index (κ2) is 6.13. The Morgan fingerprint density at radius 1 is 1.33 bits per heavy atom. The minimum atomic E-state index is 0.786. The summed E-state index contributed by atoms with van der Waals surface area (Å²) in [6, 6.07) is 6.86. The highest BCUT2D eigenvalue weighted by molar-refractivity contribution is 7.99. The van der Waals surface area contributed by atoms with Gasteiger partial charge in [-0.2, -0.15) is 0 Å². The van der Waals surface area contributed by atoms with Crippen LogP contribution >= 0.6 is 11.8 Å². The summed E-state index contributed by atoms with van der Waals surface area (Å²) in [7, 11) is 0. The molecule has 0 aromatic carbocycles. The Labute approximate surface area is 95.9 Å². The lowest BCUT2D eigenvalue weighted by Gasteiger charge is -2.10. The van der Waals surface area contributed by atoms with Gasteiger partial charge in [0.2, 0.25) is 0 Å². The fourth-order valence-electron chi connectivity index (χ4n) is 1.98. The van der Waals surface area contributed by atoms with Crippen LogP contribution in [0.5, 0.6) is 0 Å². The normalized spacial score (nSPS) is 17.1. The lowest BCUT2D eigenvalue weighted by Crippen LogP contribution is -2.28. The highest BCUT2D eigenvalue weighted by Gasteiger charge is 2.13. The summed E-state index contributed by atoms with van der Waals surface area (Å²) in [4.78, 5) is 4.28. The van der Waals surface area contributed by atoms with E-state index in [2.05, 4.69) is 16.4 Å². The standard InChI is InChI=1S/C12H18N2S/c1-2-6-11(5-1)13-9-10-15-12-7-3-4-8-14-12/h3-4,7-8,11,13H,1-2,5-6,9-10H2. The van der Waals surface area contributed by atoms with Gasteiger partial charge in [-0.05, 0) is 25.0 Å². The minimum Gasteiger partial charge on any atom is -0.313 e. The number of nitrogens with zero attached hydrogens (tertiary/aromatic N) is 1. The van der Waals surface area contributed by atoms with Gasteiger partial charge in [-0.3, -0.25) is 0 Å². The summed E-state index contributed by atoms with van der Waals surface area (Å²) in [5.41, 5.74) is 0. The van der Waals surface area contributed by atoms with Gasteiger partial charge in [0.1, 0.15) is 0 Å². The van der Waals surface area contributed by atoms with E-state index in [0.29, 0.717) is 0 Å². The van der Waals surface area contributed by atoms with Crippen molar-refractivity contribution in [1.82, 2.24) is 10.3 Å². The van der Waals surface area contributed by atoms with Crippen LogP contribution < -0.4 is 5.32 Å². The van der Waals surface area contributed by atoms with Crippen LogP contribution in [0.3, 0.4) is 0 Å². The fourth-order valence-corrected chi connectivity index (χ4v) is 2.72. The van der Waals surface area contributed by atoms with Crippen LogP contribution in [0.15, 0.2) is 29.4 Å². The van der Waals surface area contributed by atoms with Crippen LogP contribution in [0.2, 0.25) is 0 Å². The molecule has 82 valence electrons. The molecule has 1 N–H and O–H groups in total. The van der Waals surface area contributed by atoms with Gasteiger partial charge in [0, 0.05) is 24.5 Å². The highest BCUT2D eigenvalue weighted by atomic mass is 32.2. The zero-order valence-electron chi connectivity index (χ0n) is 8.98. The van der Waals surface area contributed by atoms with Crippen LogP contribution in [-0.2, 0) is 0 Å². The number of nitrogens with one attached hydrogen (secondary N) is 1. The predicted octanol–water partition coefficient (Wildman–Crippen LogP) is 2.71. The topological polar surface area (TPSA) is 24.9 Å². The molecule has 1 aliphatic rings. The highest BCUT2D eigenvalue weighted by Crippen LogP contribution is 2.18. The monoisotopic (exact) mass is 222 g/mol. The summed E-state index contributed by atoms with van der Waals surface area (Å²) in [5.74, 6) is 1.12. The lowest BCUT2D eigenvalue weighted by atomic mass is 10.2. The maximum Gasteiger partial charge on any atom is 0.0960 e. The average Bonchev–Trinajstić information content (AvgIpc) is 2.79. The molecule has 0 aliphatic heterocycles. The van der Waals surface area contributed by atoms with E-state index in [1.54, 1.807) is 0 Å². The van der Waals surface area contributed by atoms with E-state index < -0.39 is 0 Å². The van der Waals surface area contributed by atoms with Crippen LogP contribution in [-0.4, -0.2) is 23.3 Å². The predicted molar refractivity (Wildman–Crippen MR) is 65.2 cm³/mol. The van der Waals surface area contributed by atoms with Crippen molar-refractivity contribution in [2.24, 2.45) is 0 Å². The molecule has 2 nitrogen and oxygen atoms in total. The second-order valence-corrected chi connectivity index (χ2v) is 5.07. The Hall–Kier alpha value is -0.540. The van der Waals surface area contributed by atoms with Crippen LogP contribution in [0.4, 0.5) is 0 Å². The molecule has 0 saturated heterocycles. The molecule has 1 aromatic heterocycles. The molecule has 1 aliphatic carbocycles. The summed E-state index contributed by atoms with van der Waals surface area (Å²) in [6.07, 6.45) is 7.41. The van der Waals surface area contributed by atoms with Gasteiger partial charge in [-0.25, -0.2) is 4.98 Å². The number of hydrogen-bond acceptors (Lipinski definition) is 3. The van der Waals surface area contributed by atoms with Crippen LogP contribution in [0.25, 0.3) is 0 Å². The molecule has 0 bridgehead atoms. The van der Waals surface area contributed by atoms with Crippen molar-refractivity contribution in [3.63, 3.8) is 0 Å². The van der Waals surface area contributed by atoms with E-state index in [9.17, 15) is 0 Å². The van der Waals surface area contributed by atoms with E-state index >= 15 is 0 Å². The minimum absolute atomic E-state index is 0.786. The maximum absolute atomic E-state index is 4.28. The SMILES string of the molecule is c1ccc(SCCNC2CCCC2)nc1. The van der Waals surface area contributed by atoms with Gasteiger partial charge >= 0.3 is 0 Å². The number of pyridine rings is 1. The number of rotatable bonds is 5. The number of aromatic nitrogens is 1. The largest absolute Gasteiger partial charge is 0.313 e. The molecule has 15 heavy (non-hydrogen) atoms. The van der Waals surface area contributed by atoms with Crippen molar-refractivity contribution in [2.75, 3.05) is 12.3 Å². The molecule has 1 saturated carbocycles. The number of hydrogen-bond donors (Lipinski definition) is 1. The zero-order valence-corrected chi connectivity index (χ0v) is 9.80. The van der Waals surface area contributed by atoms with Crippen LogP contribution in [0.1, 0.15) is 25.7 Å². The van der Waals surface area contributed by atoms with E-state index in [1.165, 1.54) is 25.7 Å². The molecule has 0 unspecified atom stereocenters. The molecule has 1 heterocycles. The zero-order chi connectivity index (χ0) is 10.3. The molecule has 0 atom stereocenters. The van der Waals surface area contributed by atoms with Gasteiger partial charge in [0.05, 0.1) is 5.03 Å². The van der Waals surface area contributed by atoms with E-state index in [4.69, 9.17) is 0 Å². The van der Waals surface area contributed by atoms with E-state index in [-0.39, 0.29) is 0 Å². The average molecular weight is 222 g/mol. The number of thioether (sulfide) groups is 1. The maximum atomic E-state index is 4.28. The smallest absolute Gasteiger partial charge is 0.0960 e. The first-order valence-corrected chi connectivity index (χ1v) is 6.71. The summed E-state index contributed by atoms with van der Waals surface area (Å²) in [5, 5.41) is 4.73. The Kier molecular flexibility index (Phi) is 4.48. The van der Waals surface area contributed by atoms with Crippen molar-refractivity contribution in [3.05, 3.63) is 24.4 Å². The first-order valence-electron chi connectivity index (χ1n) is 5.72. The molecule has 1 fully saturated rings. The van der Waals surface area contributed by atoms with Crippen molar-refractivity contribution in [3.8, 4) is 0 Å².